The highest BCUT2D eigenvalue weighted by molar-refractivity contribution is 7.84. The molecular formula is C26H32ClN5O6S. The first-order valence-corrected chi connectivity index (χ1v) is 14.5. The number of likely N-dealkylation sites (tertiary alicyclic amines) is 1. The Balaban J connectivity index is 1.61. The van der Waals surface area contributed by atoms with Gasteiger partial charge in [0, 0.05) is 25.0 Å². The average Bonchev–Trinajstić information content (AvgIpc) is 3.46. The highest BCUT2D eigenvalue weighted by Crippen LogP contribution is 2.31. The summed E-state index contributed by atoms with van der Waals surface area (Å²) in [6, 6.07) is 4.95. The summed E-state index contributed by atoms with van der Waals surface area (Å²) in [6.45, 7) is 6.35. The number of nitrogens with zero attached hydrogens (tertiary/aromatic N) is 3. The molecule has 1 saturated heterocycles. The zero-order chi connectivity index (χ0) is 28.7. The highest BCUT2D eigenvalue weighted by atomic mass is 35.5. The molecule has 39 heavy (non-hydrogen) atoms. The van der Waals surface area contributed by atoms with Crippen molar-refractivity contribution < 1.29 is 28.1 Å². The normalized spacial score (nSPS) is 14.8. The van der Waals surface area contributed by atoms with Gasteiger partial charge in [-0.2, -0.15) is 0 Å². The lowest BCUT2D eigenvalue weighted by atomic mass is 9.79. The molecule has 2 N–H and O–H groups in total. The Morgan fingerprint density at radius 3 is 2.31 bits per heavy atom. The monoisotopic (exact) mass is 577 g/mol. The van der Waals surface area contributed by atoms with Crippen LogP contribution in [0.2, 0.25) is 5.02 Å². The second-order valence-electron chi connectivity index (χ2n) is 9.19. The number of benzene rings is 1. The minimum Gasteiger partial charge on any atom is -0.425 e. The van der Waals surface area contributed by atoms with Crippen LogP contribution in [0.1, 0.15) is 56.9 Å². The zero-order valence-corrected chi connectivity index (χ0v) is 23.9. The van der Waals surface area contributed by atoms with E-state index < -0.39 is 40.0 Å². The molecule has 3 amide bonds. The van der Waals surface area contributed by atoms with Gasteiger partial charge in [0.25, 0.3) is 5.91 Å². The van der Waals surface area contributed by atoms with Gasteiger partial charge in [0.05, 0.1) is 22.0 Å². The molecule has 13 heteroatoms. The summed E-state index contributed by atoms with van der Waals surface area (Å²) in [5, 5.41) is 5.24. The summed E-state index contributed by atoms with van der Waals surface area (Å²) in [6.07, 6.45) is 5.05. The van der Waals surface area contributed by atoms with Crippen LogP contribution < -0.4 is 15.4 Å². The van der Waals surface area contributed by atoms with Crippen molar-refractivity contribution in [3.05, 3.63) is 41.2 Å². The maximum atomic E-state index is 13.2. The van der Waals surface area contributed by atoms with Gasteiger partial charge < -0.3 is 20.3 Å². The van der Waals surface area contributed by atoms with Gasteiger partial charge in [0.15, 0.2) is 5.69 Å². The van der Waals surface area contributed by atoms with E-state index in [4.69, 9.17) is 16.3 Å². The van der Waals surface area contributed by atoms with Gasteiger partial charge >= 0.3 is 5.97 Å². The minimum absolute atomic E-state index is 0.000537. The topological polar surface area (TPSA) is 148 Å². The van der Waals surface area contributed by atoms with E-state index in [9.17, 15) is 23.4 Å². The number of hydrogen-bond acceptors (Lipinski definition) is 8. The molecule has 210 valence electrons. The predicted molar refractivity (Wildman–Crippen MR) is 146 cm³/mol. The number of rotatable bonds is 10. The van der Waals surface area contributed by atoms with Crippen molar-refractivity contribution in [3.63, 3.8) is 0 Å². The molecule has 2 atom stereocenters. The van der Waals surface area contributed by atoms with Crippen LogP contribution >= 0.6 is 11.6 Å². The SMILES string of the molecule is CCC(CC)(C(=O)N[C@@H](C)C(=O)Oc1ccc(NC(=O)c2nc(S(C)=O)ncc2Cl)cc1)C(=O)N1CCCC1. The van der Waals surface area contributed by atoms with Crippen LogP contribution in [0.4, 0.5) is 5.69 Å². The lowest BCUT2D eigenvalue weighted by molar-refractivity contribution is -0.153. The fourth-order valence-electron chi connectivity index (χ4n) is 4.24. The molecule has 1 fully saturated rings. The van der Waals surface area contributed by atoms with Gasteiger partial charge in [-0.3, -0.25) is 18.6 Å². The number of hydrogen-bond donors (Lipinski definition) is 2. The van der Waals surface area contributed by atoms with Crippen molar-refractivity contribution in [2.75, 3.05) is 24.7 Å². The largest absolute Gasteiger partial charge is 0.425 e. The Kier molecular flexibility index (Phi) is 10.1. The Morgan fingerprint density at radius 2 is 1.74 bits per heavy atom. The number of ether oxygens (including phenoxy) is 1. The lowest BCUT2D eigenvalue weighted by Crippen LogP contribution is -2.54. The Hall–Kier alpha value is -3.38. The van der Waals surface area contributed by atoms with Gasteiger partial charge in [-0.25, -0.2) is 14.8 Å². The Morgan fingerprint density at radius 1 is 1.13 bits per heavy atom. The van der Waals surface area contributed by atoms with Gasteiger partial charge in [-0.15, -0.1) is 0 Å². The van der Waals surface area contributed by atoms with Gasteiger partial charge in [0.2, 0.25) is 17.0 Å². The van der Waals surface area contributed by atoms with Crippen molar-refractivity contribution in [1.82, 2.24) is 20.2 Å². The number of halogens is 1. The van der Waals surface area contributed by atoms with E-state index in [1.807, 2.05) is 0 Å². The smallest absolute Gasteiger partial charge is 0.333 e. The first kappa shape index (κ1) is 30.2. The summed E-state index contributed by atoms with van der Waals surface area (Å²) in [5.74, 6) is -1.85. The summed E-state index contributed by atoms with van der Waals surface area (Å²) >= 11 is 6.01. The van der Waals surface area contributed by atoms with E-state index in [1.165, 1.54) is 43.6 Å². The number of amides is 3. The predicted octanol–water partition coefficient (Wildman–Crippen LogP) is 2.96. The van der Waals surface area contributed by atoms with Crippen LogP contribution in [-0.2, 0) is 25.2 Å². The molecule has 2 heterocycles. The van der Waals surface area contributed by atoms with E-state index in [0.29, 0.717) is 31.6 Å². The quantitative estimate of drug-likeness (QED) is 0.189. The van der Waals surface area contributed by atoms with E-state index in [0.717, 1.165) is 12.8 Å². The van der Waals surface area contributed by atoms with Crippen molar-refractivity contribution in [2.24, 2.45) is 5.41 Å². The molecule has 11 nitrogen and oxygen atoms in total. The number of carbonyl (C=O) groups excluding carboxylic acids is 4. The maximum Gasteiger partial charge on any atom is 0.333 e. The lowest BCUT2D eigenvalue weighted by Gasteiger charge is -2.33. The van der Waals surface area contributed by atoms with Crippen LogP contribution in [-0.4, -0.2) is 68.2 Å². The van der Waals surface area contributed by atoms with Gasteiger partial charge in [-0.1, -0.05) is 25.4 Å². The molecule has 3 rings (SSSR count). The molecule has 1 aliphatic heterocycles. The first-order chi connectivity index (χ1) is 18.5. The van der Waals surface area contributed by atoms with Crippen molar-refractivity contribution in [1.29, 1.82) is 0 Å². The van der Waals surface area contributed by atoms with Gasteiger partial charge in [-0.05, 0) is 56.9 Å². The average molecular weight is 578 g/mol. The molecule has 0 aliphatic carbocycles. The van der Waals surface area contributed by atoms with Crippen LogP contribution in [0.25, 0.3) is 0 Å². The van der Waals surface area contributed by atoms with E-state index in [2.05, 4.69) is 20.6 Å². The number of carbonyl (C=O) groups is 4. The van der Waals surface area contributed by atoms with Crippen LogP contribution in [0.3, 0.4) is 0 Å². The second kappa shape index (κ2) is 13.1. The van der Waals surface area contributed by atoms with Crippen LogP contribution in [0.15, 0.2) is 35.6 Å². The van der Waals surface area contributed by atoms with Crippen LogP contribution in [0.5, 0.6) is 5.75 Å². The van der Waals surface area contributed by atoms with Crippen LogP contribution in [0, 0.1) is 5.41 Å². The molecule has 1 aromatic carbocycles. The Bertz CT molecular complexity index is 1260. The molecule has 1 aliphatic rings. The number of aromatic nitrogens is 2. The summed E-state index contributed by atoms with van der Waals surface area (Å²) < 4.78 is 17.0. The van der Waals surface area contributed by atoms with E-state index in [-0.39, 0.29) is 27.5 Å². The zero-order valence-electron chi connectivity index (χ0n) is 22.3. The number of nitrogens with one attached hydrogen (secondary N) is 2. The fourth-order valence-corrected chi connectivity index (χ4v) is 4.83. The molecule has 0 spiro atoms. The minimum atomic E-state index is -1.49. The molecule has 0 bridgehead atoms. The molecule has 1 unspecified atom stereocenters. The second-order valence-corrected chi connectivity index (χ2v) is 10.9. The van der Waals surface area contributed by atoms with Gasteiger partial charge in [0.1, 0.15) is 17.2 Å². The van der Waals surface area contributed by atoms with E-state index >= 15 is 0 Å². The van der Waals surface area contributed by atoms with E-state index in [1.54, 1.807) is 18.7 Å². The molecule has 1 aromatic heterocycles. The third-order valence-electron chi connectivity index (χ3n) is 6.67. The fraction of sp³-hybridized carbons (Fsp3) is 0.462. The maximum absolute atomic E-state index is 13.2. The number of anilines is 1. The molecule has 0 radical (unpaired) electrons. The first-order valence-electron chi connectivity index (χ1n) is 12.6. The molecule has 0 saturated carbocycles. The summed E-state index contributed by atoms with van der Waals surface area (Å²) in [5.41, 5.74) is -1.00. The third kappa shape index (κ3) is 6.99. The van der Waals surface area contributed by atoms with Crippen molar-refractivity contribution >= 4 is 51.8 Å². The summed E-state index contributed by atoms with van der Waals surface area (Å²) in [4.78, 5) is 61.1. The standard InChI is InChI=1S/C26H32ClN5O6S/c1-5-26(6-2,24(36)32-13-7-8-14-32)23(35)29-16(3)22(34)38-18-11-9-17(10-12-18)30-21(33)20-19(27)15-28-25(31-20)39(4)37/h9-12,15-16H,5-8,13-14H2,1-4H3,(H,29,35)(H,30,33)/t16-,39?/m0/s1. The Labute approximate surface area is 234 Å². The van der Waals surface area contributed by atoms with Crippen molar-refractivity contribution in [3.8, 4) is 5.75 Å². The molecular weight excluding hydrogens is 546 g/mol. The number of esters is 1. The summed E-state index contributed by atoms with van der Waals surface area (Å²) in [7, 11) is -1.49. The third-order valence-corrected chi connectivity index (χ3v) is 7.66. The highest BCUT2D eigenvalue weighted by Gasteiger charge is 2.46. The van der Waals surface area contributed by atoms with Crippen molar-refractivity contribution in [2.45, 2.75) is 57.7 Å². The molecule has 2 aromatic rings.